The van der Waals surface area contributed by atoms with Crippen molar-refractivity contribution in [2.24, 2.45) is 11.3 Å². The minimum absolute atomic E-state index is 0.0310. The van der Waals surface area contributed by atoms with Gasteiger partial charge in [0.05, 0.1) is 0 Å². The molecule has 0 saturated heterocycles. The van der Waals surface area contributed by atoms with Gasteiger partial charge in [0.1, 0.15) is 11.5 Å². The van der Waals surface area contributed by atoms with E-state index in [4.69, 9.17) is 0 Å². The van der Waals surface area contributed by atoms with E-state index in [0.29, 0.717) is 17.4 Å². The van der Waals surface area contributed by atoms with Crippen LogP contribution in [0.1, 0.15) is 67.7 Å². The molecule has 4 fully saturated rings. The number of aryl methyl sites for hydroxylation is 2. The number of hydrogen-bond donors (Lipinski definition) is 2. The molecule has 0 heterocycles. The third-order valence-electron chi connectivity index (χ3n) is 7.80. The largest absolute Gasteiger partial charge is 0.508 e. The molecule has 2 nitrogen and oxygen atoms in total. The summed E-state index contributed by atoms with van der Waals surface area (Å²) in [6.45, 7) is 6.52. The van der Waals surface area contributed by atoms with Gasteiger partial charge in [-0.3, -0.25) is 0 Å². The van der Waals surface area contributed by atoms with Gasteiger partial charge < -0.3 is 10.2 Å². The van der Waals surface area contributed by atoms with Crippen molar-refractivity contribution in [2.75, 3.05) is 0 Å². The average Bonchev–Trinajstić information content (AvgIpc) is 2.51. The number of benzene rings is 2. The molecule has 4 aliphatic rings. The average molecular weight is 363 g/mol. The Bertz CT molecular complexity index is 860. The molecule has 6 rings (SSSR count). The van der Waals surface area contributed by atoms with Crippen LogP contribution in [0.2, 0.25) is 0 Å². The fourth-order valence-corrected chi connectivity index (χ4v) is 7.70. The first-order valence-corrected chi connectivity index (χ1v) is 10.3. The number of rotatable bonds is 2. The lowest BCUT2D eigenvalue weighted by atomic mass is 9.38. The Morgan fingerprint density at radius 3 is 1.63 bits per heavy atom. The van der Waals surface area contributed by atoms with Gasteiger partial charge in [-0.05, 0) is 87.0 Å². The first-order chi connectivity index (χ1) is 12.7. The van der Waals surface area contributed by atoms with E-state index >= 15 is 0 Å². The van der Waals surface area contributed by atoms with Crippen LogP contribution in [-0.4, -0.2) is 10.2 Å². The molecule has 2 N–H and O–H groups in total. The monoisotopic (exact) mass is 362 g/mol. The minimum atomic E-state index is 0.0310. The highest BCUT2D eigenvalue weighted by Gasteiger charge is 2.63. The molecule has 0 radical (unpaired) electrons. The van der Waals surface area contributed by atoms with E-state index in [-0.39, 0.29) is 16.2 Å². The zero-order valence-corrected chi connectivity index (χ0v) is 16.7. The summed E-state index contributed by atoms with van der Waals surface area (Å²) >= 11 is 0. The molecular formula is C25H30O2. The highest BCUT2D eigenvalue weighted by Crippen LogP contribution is 2.71. The maximum atomic E-state index is 10.8. The summed E-state index contributed by atoms with van der Waals surface area (Å²) < 4.78 is 0. The van der Waals surface area contributed by atoms with Crippen molar-refractivity contribution >= 4 is 0 Å². The van der Waals surface area contributed by atoms with Gasteiger partial charge >= 0.3 is 0 Å². The van der Waals surface area contributed by atoms with Crippen molar-refractivity contribution in [3.63, 3.8) is 0 Å². The molecule has 4 saturated carbocycles. The van der Waals surface area contributed by atoms with Gasteiger partial charge in [-0.15, -0.1) is 0 Å². The number of aromatic hydroxyl groups is 2. The Kier molecular flexibility index (Phi) is 3.37. The van der Waals surface area contributed by atoms with Crippen LogP contribution in [0.5, 0.6) is 11.5 Å². The predicted octanol–water partition coefficient (Wildman–Crippen LogP) is 5.89. The van der Waals surface area contributed by atoms with Crippen molar-refractivity contribution in [1.29, 1.82) is 0 Å². The Morgan fingerprint density at radius 1 is 0.741 bits per heavy atom. The second kappa shape index (κ2) is 5.31. The van der Waals surface area contributed by atoms with Gasteiger partial charge in [0, 0.05) is 22.0 Å². The van der Waals surface area contributed by atoms with Crippen molar-refractivity contribution in [1.82, 2.24) is 0 Å². The standard InChI is InChI=1S/C25H30O2/c1-16-4-6-19(21(26)8-16)24-11-18-10-23(3,13-24)14-25(12-18,15-24)20-7-5-17(2)9-22(20)27/h4-9,18,26-27H,10-15H2,1-3H3. The molecule has 2 unspecified atom stereocenters. The maximum Gasteiger partial charge on any atom is 0.119 e. The molecule has 4 bridgehead atoms. The van der Waals surface area contributed by atoms with E-state index in [1.165, 1.54) is 19.3 Å². The molecule has 4 aliphatic carbocycles. The van der Waals surface area contributed by atoms with Gasteiger partial charge in [-0.2, -0.15) is 0 Å². The van der Waals surface area contributed by atoms with E-state index in [9.17, 15) is 10.2 Å². The lowest BCUT2D eigenvalue weighted by Crippen LogP contribution is -2.59. The van der Waals surface area contributed by atoms with Crippen molar-refractivity contribution < 1.29 is 10.2 Å². The Morgan fingerprint density at radius 2 is 1.22 bits per heavy atom. The summed E-state index contributed by atoms with van der Waals surface area (Å²) in [5.41, 5.74) is 4.84. The van der Waals surface area contributed by atoms with Crippen LogP contribution >= 0.6 is 0 Å². The summed E-state index contributed by atoms with van der Waals surface area (Å²) in [6, 6.07) is 12.5. The lowest BCUT2D eigenvalue weighted by Gasteiger charge is -2.66. The fraction of sp³-hybridized carbons (Fsp3) is 0.520. The highest BCUT2D eigenvalue weighted by molar-refractivity contribution is 5.49. The number of phenolic OH excluding ortho intramolecular Hbond substituents is 2. The number of phenols is 2. The lowest BCUT2D eigenvalue weighted by molar-refractivity contribution is -0.0818. The van der Waals surface area contributed by atoms with Crippen LogP contribution in [0.25, 0.3) is 0 Å². The summed E-state index contributed by atoms with van der Waals surface area (Å²) in [6.07, 6.45) is 6.99. The van der Waals surface area contributed by atoms with E-state index in [1.54, 1.807) is 0 Å². The molecular weight excluding hydrogens is 332 g/mol. The van der Waals surface area contributed by atoms with Crippen LogP contribution in [0.4, 0.5) is 0 Å². The summed E-state index contributed by atoms with van der Waals surface area (Å²) in [7, 11) is 0. The Hall–Kier alpha value is -1.96. The van der Waals surface area contributed by atoms with Gasteiger partial charge in [-0.1, -0.05) is 31.2 Å². The SMILES string of the molecule is Cc1ccc(C23CC4CC(C)(C2)CC(c2ccc(C)cc2O)(C4)C3)c(O)c1. The molecule has 2 aromatic rings. The van der Waals surface area contributed by atoms with E-state index in [2.05, 4.69) is 31.2 Å². The van der Waals surface area contributed by atoms with Crippen molar-refractivity contribution in [3.8, 4) is 11.5 Å². The Balaban J connectivity index is 1.68. The Labute approximate surface area is 162 Å². The van der Waals surface area contributed by atoms with Gasteiger partial charge in [0.2, 0.25) is 0 Å². The maximum absolute atomic E-state index is 10.8. The van der Waals surface area contributed by atoms with Crippen molar-refractivity contribution in [2.45, 2.75) is 70.1 Å². The molecule has 2 atom stereocenters. The van der Waals surface area contributed by atoms with Gasteiger partial charge in [0.15, 0.2) is 0 Å². The van der Waals surface area contributed by atoms with Crippen LogP contribution in [0.15, 0.2) is 36.4 Å². The summed E-state index contributed by atoms with van der Waals surface area (Å²) in [5, 5.41) is 21.7. The van der Waals surface area contributed by atoms with E-state index in [0.717, 1.165) is 41.5 Å². The second-order valence-electron chi connectivity index (χ2n) is 10.4. The topological polar surface area (TPSA) is 40.5 Å². The van der Waals surface area contributed by atoms with Gasteiger partial charge in [0.25, 0.3) is 0 Å². The zero-order valence-electron chi connectivity index (χ0n) is 16.7. The highest BCUT2D eigenvalue weighted by atomic mass is 16.3. The normalized spacial score (nSPS) is 36.9. The first kappa shape index (κ1) is 17.2. The second-order valence-corrected chi connectivity index (χ2v) is 10.4. The van der Waals surface area contributed by atoms with Crippen LogP contribution < -0.4 is 0 Å². The van der Waals surface area contributed by atoms with Crippen LogP contribution in [-0.2, 0) is 10.8 Å². The summed E-state index contributed by atoms with van der Waals surface area (Å²) in [4.78, 5) is 0. The first-order valence-electron chi connectivity index (χ1n) is 10.3. The molecule has 0 spiro atoms. The van der Waals surface area contributed by atoms with Gasteiger partial charge in [-0.25, -0.2) is 0 Å². The zero-order chi connectivity index (χ0) is 19.0. The molecule has 0 aliphatic heterocycles. The fourth-order valence-electron chi connectivity index (χ4n) is 7.70. The molecule has 0 amide bonds. The van der Waals surface area contributed by atoms with Crippen LogP contribution in [0, 0.1) is 25.2 Å². The molecule has 2 aromatic carbocycles. The third kappa shape index (κ3) is 2.45. The number of hydrogen-bond acceptors (Lipinski definition) is 2. The molecule has 142 valence electrons. The van der Waals surface area contributed by atoms with E-state index < -0.39 is 0 Å². The predicted molar refractivity (Wildman–Crippen MR) is 108 cm³/mol. The minimum Gasteiger partial charge on any atom is -0.508 e. The van der Waals surface area contributed by atoms with Crippen molar-refractivity contribution in [3.05, 3.63) is 58.7 Å². The summed E-state index contributed by atoms with van der Waals surface area (Å²) in [5.74, 6) is 1.60. The third-order valence-corrected chi connectivity index (χ3v) is 7.80. The molecule has 0 aromatic heterocycles. The smallest absolute Gasteiger partial charge is 0.119 e. The van der Waals surface area contributed by atoms with E-state index in [1.807, 2.05) is 26.0 Å². The van der Waals surface area contributed by atoms with Crippen LogP contribution in [0.3, 0.4) is 0 Å². The quantitative estimate of drug-likeness (QED) is 0.699. The molecule has 27 heavy (non-hydrogen) atoms. The molecule has 2 heteroatoms.